The molecule has 3 atom stereocenters. The van der Waals surface area contributed by atoms with Crippen LogP contribution in [0.15, 0.2) is 24.3 Å². The van der Waals surface area contributed by atoms with Crippen molar-refractivity contribution >= 4 is 24.2 Å². The first-order valence-corrected chi connectivity index (χ1v) is 9.63. The van der Waals surface area contributed by atoms with Gasteiger partial charge in [0.15, 0.2) is 0 Å². The molecule has 0 aliphatic carbocycles. The second-order valence-corrected chi connectivity index (χ2v) is 7.92. The van der Waals surface area contributed by atoms with Gasteiger partial charge in [0.25, 0.3) is 0 Å². The summed E-state index contributed by atoms with van der Waals surface area (Å²) in [5, 5.41) is 0. The molecule has 0 radical (unpaired) electrons. The van der Waals surface area contributed by atoms with Crippen LogP contribution in [0.4, 0.5) is 13.2 Å². The molecule has 29 heavy (non-hydrogen) atoms. The summed E-state index contributed by atoms with van der Waals surface area (Å²) < 4.78 is 38.6. The number of halogens is 4. The Kier molecular flexibility index (Phi) is 7.56. The van der Waals surface area contributed by atoms with Crippen molar-refractivity contribution in [2.24, 2.45) is 17.6 Å². The molecule has 3 rings (SSSR count). The lowest BCUT2D eigenvalue weighted by Gasteiger charge is -2.35. The summed E-state index contributed by atoms with van der Waals surface area (Å²) in [5.41, 5.74) is 5.65. The Labute approximate surface area is 174 Å². The Morgan fingerprint density at radius 1 is 1.31 bits per heavy atom. The normalized spacial score (nSPS) is 23.7. The molecule has 0 spiro atoms. The smallest absolute Gasteiger partial charge is 0.342 e. The monoisotopic (exact) mass is 433 g/mol. The maximum Gasteiger partial charge on any atom is 0.416 e. The van der Waals surface area contributed by atoms with Gasteiger partial charge < -0.3 is 15.5 Å². The van der Waals surface area contributed by atoms with Crippen LogP contribution in [0.5, 0.6) is 0 Å². The summed E-state index contributed by atoms with van der Waals surface area (Å²) in [4.78, 5) is 28.5. The van der Waals surface area contributed by atoms with Crippen LogP contribution in [-0.4, -0.2) is 47.3 Å². The molecule has 2 aliphatic heterocycles. The van der Waals surface area contributed by atoms with E-state index in [1.54, 1.807) is 11.0 Å². The van der Waals surface area contributed by atoms with E-state index in [0.717, 1.165) is 25.0 Å². The predicted octanol–water partition coefficient (Wildman–Crippen LogP) is 3.06. The number of carbonyl (C=O) groups excluding carboxylic acids is 2. The molecule has 9 heteroatoms. The molecule has 2 N–H and O–H groups in total. The number of nitrogens with two attached hydrogens (primary N) is 1. The molecule has 1 aromatic rings. The summed E-state index contributed by atoms with van der Waals surface area (Å²) >= 11 is 0. The summed E-state index contributed by atoms with van der Waals surface area (Å²) in [6.45, 7) is 3.53. The van der Waals surface area contributed by atoms with Gasteiger partial charge in [0, 0.05) is 38.6 Å². The van der Waals surface area contributed by atoms with Crippen LogP contribution in [0, 0.1) is 11.8 Å². The molecule has 0 bridgehead atoms. The molecule has 2 amide bonds. The van der Waals surface area contributed by atoms with E-state index in [1.165, 1.54) is 11.0 Å². The number of nitrogens with zero attached hydrogens (tertiary/aromatic N) is 2. The first kappa shape index (κ1) is 23.5. The molecule has 162 valence electrons. The number of alkyl halides is 3. The zero-order valence-corrected chi connectivity index (χ0v) is 17.1. The highest BCUT2D eigenvalue weighted by Crippen LogP contribution is 2.31. The number of hydrogen-bond donors (Lipinski definition) is 1. The molecule has 3 unspecified atom stereocenters. The minimum atomic E-state index is -4.42. The van der Waals surface area contributed by atoms with E-state index in [0.29, 0.717) is 18.7 Å². The number of benzene rings is 1. The topological polar surface area (TPSA) is 66.6 Å². The predicted molar refractivity (Wildman–Crippen MR) is 105 cm³/mol. The standard InChI is InChI=1S/C20H26F3N3O2.ClH/c1-13(24)15-5-3-7-25(11-15)19(28)16-9-18(27)26(12-16)10-14-4-2-6-17(8-14)20(21,22)23;/h2,4,6,8,13,15-16H,3,5,7,9-12,24H2,1H3;1H. The molecule has 2 fully saturated rings. The van der Waals surface area contributed by atoms with Crippen LogP contribution in [0.2, 0.25) is 0 Å². The lowest BCUT2D eigenvalue weighted by atomic mass is 9.91. The number of hydrogen-bond acceptors (Lipinski definition) is 3. The van der Waals surface area contributed by atoms with Crippen LogP contribution in [0.3, 0.4) is 0 Å². The van der Waals surface area contributed by atoms with Crippen LogP contribution in [0.1, 0.15) is 37.3 Å². The molecule has 2 aliphatic rings. The minimum Gasteiger partial charge on any atom is -0.342 e. The van der Waals surface area contributed by atoms with Gasteiger partial charge in [0.2, 0.25) is 11.8 Å². The largest absolute Gasteiger partial charge is 0.416 e. The lowest BCUT2D eigenvalue weighted by molar-refractivity contribution is -0.138. The van der Waals surface area contributed by atoms with E-state index >= 15 is 0 Å². The summed E-state index contributed by atoms with van der Waals surface area (Å²) in [6.07, 6.45) is -2.43. The van der Waals surface area contributed by atoms with Crippen molar-refractivity contribution in [3.05, 3.63) is 35.4 Å². The minimum absolute atomic E-state index is 0. The van der Waals surface area contributed by atoms with E-state index in [1.807, 2.05) is 6.92 Å². The van der Waals surface area contributed by atoms with Crippen molar-refractivity contribution in [1.29, 1.82) is 0 Å². The second kappa shape index (κ2) is 9.34. The Balaban J connectivity index is 0.00000300. The van der Waals surface area contributed by atoms with Gasteiger partial charge in [-0.2, -0.15) is 13.2 Å². The fourth-order valence-electron chi connectivity index (χ4n) is 4.05. The van der Waals surface area contributed by atoms with Gasteiger partial charge in [-0.1, -0.05) is 12.1 Å². The number of likely N-dealkylation sites (tertiary alicyclic amines) is 2. The van der Waals surface area contributed by atoms with Gasteiger partial charge in [-0.25, -0.2) is 0 Å². The number of piperidine rings is 1. The van der Waals surface area contributed by atoms with E-state index in [2.05, 4.69) is 0 Å². The Bertz CT molecular complexity index is 742. The van der Waals surface area contributed by atoms with Crippen molar-refractivity contribution in [3.63, 3.8) is 0 Å². The quantitative estimate of drug-likeness (QED) is 0.793. The summed E-state index contributed by atoms with van der Waals surface area (Å²) in [7, 11) is 0. The summed E-state index contributed by atoms with van der Waals surface area (Å²) in [6, 6.07) is 4.98. The third-order valence-corrected chi connectivity index (χ3v) is 5.70. The van der Waals surface area contributed by atoms with E-state index in [-0.39, 0.29) is 55.7 Å². The number of amides is 2. The van der Waals surface area contributed by atoms with Gasteiger partial charge in [-0.15, -0.1) is 12.4 Å². The van der Waals surface area contributed by atoms with Crippen LogP contribution < -0.4 is 5.73 Å². The maximum atomic E-state index is 12.9. The molecule has 1 aromatic carbocycles. The van der Waals surface area contributed by atoms with Gasteiger partial charge in [0.05, 0.1) is 11.5 Å². The SMILES string of the molecule is CC(N)C1CCCN(C(=O)C2CC(=O)N(Cc3cccc(C(F)(F)F)c3)C2)C1.Cl. The summed E-state index contributed by atoms with van der Waals surface area (Å²) in [5.74, 6) is -0.428. The molecule has 0 saturated carbocycles. The second-order valence-electron chi connectivity index (χ2n) is 7.92. The van der Waals surface area contributed by atoms with Gasteiger partial charge in [-0.05, 0) is 43.4 Å². The molecular formula is C20H27ClF3N3O2. The molecule has 0 aromatic heterocycles. The van der Waals surface area contributed by atoms with Crippen LogP contribution >= 0.6 is 12.4 Å². The van der Waals surface area contributed by atoms with Crippen molar-refractivity contribution in [3.8, 4) is 0 Å². The lowest BCUT2D eigenvalue weighted by Crippen LogP contribution is -2.47. The van der Waals surface area contributed by atoms with Gasteiger partial charge >= 0.3 is 6.18 Å². The zero-order valence-electron chi connectivity index (χ0n) is 16.3. The average molecular weight is 434 g/mol. The molecule has 5 nitrogen and oxygen atoms in total. The van der Waals surface area contributed by atoms with Gasteiger partial charge in [0.1, 0.15) is 0 Å². The fraction of sp³-hybridized carbons (Fsp3) is 0.600. The van der Waals surface area contributed by atoms with Crippen LogP contribution in [0.25, 0.3) is 0 Å². The Hall–Kier alpha value is -1.80. The van der Waals surface area contributed by atoms with Crippen LogP contribution in [-0.2, 0) is 22.3 Å². The van der Waals surface area contributed by atoms with Gasteiger partial charge in [-0.3, -0.25) is 9.59 Å². The first-order valence-electron chi connectivity index (χ1n) is 9.63. The first-order chi connectivity index (χ1) is 13.1. The highest BCUT2D eigenvalue weighted by atomic mass is 35.5. The number of rotatable bonds is 4. The third-order valence-electron chi connectivity index (χ3n) is 5.70. The average Bonchev–Trinajstić information content (AvgIpc) is 3.01. The maximum absolute atomic E-state index is 12.9. The van der Waals surface area contributed by atoms with Crippen molar-refractivity contribution in [2.75, 3.05) is 19.6 Å². The van der Waals surface area contributed by atoms with E-state index < -0.39 is 17.7 Å². The molecular weight excluding hydrogens is 407 g/mol. The molecule has 2 heterocycles. The Morgan fingerprint density at radius 3 is 2.69 bits per heavy atom. The fourth-order valence-corrected chi connectivity index (χ4v) is 4.05. The highest BCUT2D eigenvalue weighted by molar-refractivity contribution is 5.89. The zero-order chi connectivity index (χ0) is 20.5. The highest BCUT2D eigenvalue weighted by Gasteiger charge is 2.38. The third kappa shape index (κ3) is 5.63. The van der Waals surface area contributed by atoms with Crippen molar-refractivity contribution in [2.45, 2.75) is 44.9 Å². The number of carbonyl (C=O) groups is 2. The van der Waals surface area contributed by atoms with Crippen molar-refractivity contribution < 1.29 is 22.8 Å². The van der Waals surface area contributed by atoms with E-state index in [4.69, 9.17) is 5.73 Å². The molecule has 2 saturated heterocycles. The Morgan fingerprint density at radius 2 is 2.03 bits per heavy atom. The van der Waals surface area contributed by atoms with Crippen molar-refractivity contribution in [1.82, 2.24) is 9.80 Å². The van der Waals surface area contributed by atoms with E-state index in [9.17, 15) is 22.8 Å².